The van der Waals surface area contributed by atoms with Gasteiger partial charge in [-0.1, -0.05) is 0 Å². The number of ether oxygens (including phenoxy) is 1. The third kappa shape index (κ3) is 3.41. The van der Waals surface area contributed by atoms with E-state index in [9.17, 15) is 0 Å². The topological polar surface area (TPSA) is 79.2 Å². The highest BCUT2D eigenvalue weighted by Crippen LogP contribution is 2.25. The molecule has 0 fully saturated rings. The smallest absolute Gasteiger partial charge is 0.512 e. The Kier molecular flexibility index (Phi) is 3.71. The van der Waals surface area contributed by atoms with Crippen molar-refractivity contribution in [1.82, 2.24) is 0 Å². The fourth-order valence-electron chi connectivity index (χ4n) is 1.36. The van der Waals surface area contributed by atoms with Crippen LogP contribution in [0.1, 0.15) is 0 Å². The van der Waals surface area contributed by atoms with Gasteiger partial charge in [0.25, 0.3) is 0 Å². The molecular formula is C12H11BO5. The Morgan fingerprint density at radius 3 is 1.67 bits per heavy atom. The van der Waals surface area contributed by atoms with E-state index in [1.54, 1.807) is 36.4 Å². The number of rotatable bonds is 4. The molecule has 0 aromatic heterocycles. The molecule has 2 aromatic rings. The highest BCUT2D eigenvalue weighted by Gasteiger charge is 2.10. The summed E-state index contributed by atoms with van der Waals surface area (Å²) in [6.45, 7) is 0. The van der Waals surface area contributed by atoms with Crippen molar-refractivity contribution in [2.75, 3.05) is 0 Å². The SMILES string of the molecule is OB(O)Oc1ccc(Oc2ccc(O)cc2)cc1. The first-order valence-corrected chi connectivity index (χ1v) is 5.23. The van der Waals surface area contributed by atoms with Gasteiger partial charge in [0, 0.05) is 0 Å². The van der Waals surface area contributed by atoms with Crippen LogP contribution in [0.2, 0.25) is 0 Å². The van der Waals surface area contributed by atoms with Crippen molar-refractivity contribution >= 4 is 7.32 Å². The van der Waals surface area contributed by atoms with Crippen LogP contribution in [0.15, 0.2) is 48.5 Å². The van der Waals surface area contributed by atoms with Crippen LogP contribution in [-0.4, -0.2) is 22.5 Å². The number of aromatic hydroxyl groups is 1. The summed E-state index contributed by atoms with van der Waals surface area (Å²) in [6.07, 6.45) is 0. The van der Waals surface area contributed by atoms with Crippen LogP contribution < -0.4 is 9.39 Å². The second kappa shape index (κ2) is 5.44. The predicted octanol–water partition coefficient (Wildman–Crippen LogP) is 1.53. The van der Waals surface area contributed by atoms with Crippen molar-refractivity contribution in [3.05, 3.63) is 48.5 Å². The van der Waals surface area contributed by atoms with Gasteiger partial charge >= 0.3 is 7.32 Å². The lowest BCUT2D eigenvalue weighted by Gasteiger charge is -2.07. The molecule has 0 unspecified atom stereocenters. The number of phenolic OH excluding ortho intramolecular Hbond substituents is 1. The Balaban J connectivity index is 2.04. The maximum absolute atomic E-state index is 9.12. The molecule has 5 nitrogen and oxygen atoms in total. The van der Waals surface area contributed by atoms with Crippen LogP contribution in [-0.2, 0) is 0 Å². The van der Waals surface area contributed by atoms with E-state index in [1.807, 2.05) is 0 Å². The van der Waals surface area contributed by atoms with Crippen molar-refractivity contribution in [1.29, 1.82) is 0 Å². The first-order chi connectivity index (χ1) is 8.63. The first kappa shape index (κ1) is 12.3. The van der Waals surface area contributed by atoms with E-state index in [0.29, 0.717) is 17.2 Å². The van der Waals surface area contributed by atoms with Gasteiger partial charge in [0.15, 0.2) is 0 Å². The summed E-state index contributed by atoms with van der Waals surface area (Å²) in [7, 11) is -1.84. The maximum Gasteiger partial charge on any atom is 0.707 e. The number of benzene rings is 2. The van der Waals surface area contributed by atoms with Crippen molar-refractivity contribution in [3.8, 4) is 23.0 Å². The molecule has 92 valence electrons. The lowest BCUT2D eigenvalue weighted by atomic mass is 10.2. The molecule has 0 spiro atoms. The summed E-state index contributed by atoms with van der Waals surface area (Å²) in [5.41, 5.74) is 0. The van der Waals surface area contributed by atoms with Gasteiger partial charge in [-0.25, -0.2) is 0 Å². The van der Waals surface area contributed by atoms with Crippen LogP contribution in [0.5, 0.6) is 23.0 Å². The molecule has 0 aliphatic heterocycles. The van der Waals surface area contributed by atoms with Crippen LogP contribution in [0.3, 0.4) is 0 Å². The van der Waals surface area contributed by atoms with Crippen LogP contribution >= 0.6 is 0 Å². The molecule has 2 rings (SSSR count). The van der Waals surface area contributed by atoms with E-state index in [4.69, 9.17) is 19.9 Å². The van der Waals surface area contributed by atoms with Crippen molar-refractivity contribution < 1.29 is 24.5 Å². The third-order valence-electron chi connectivity index (χ3n) is 2.14. The molecule has 0 bridgehead atoms. The van der Waals surface area contributed by atoms with E-state index >= 15 is 0 Å². The minimum absolute atomic E-state index is 0.169. The standard InChI is InChI=1S/C12H11BO5/c14-9-1-3-10(4-2-9)17-11-5-7-12(8-6-11)18-13(15)16/h1-8,14-16H. The Bertz CT molecular complexity index is 495. The highest BCUT2D eigenvalue weighted by molar-refractivity contribution is 6.33. The largest absolute Gasteiger partial charge is 0.707 e. The second-order valence-corrected chi connectivity index (χ2v) is 3.51. The zero-order chi connectivity index (χ0) is 13.0. The number of phenols is 1. The van der Waals surface area contributed by atoms with Crippen molar-refractivity contribution in [2.24, 2.45) is 0 Å². The van der Waals surface area contributed by atoms with Gasteiger partial charge < -0.3 is 24.5 Å². The first-order valence-electron chi connectivity index (χ1n) is 5.23. The van der Waals surface area contributed by atoms with Crippen LogP contribution in [0.25, 0.3) is 0 Å². The minimum atomic E-state index is -1.84. The van der Waals surface area contributed by atoms with Crippen LogP contribution in [0, 0.1) is 0 Å². The summed E-state index contributed by atoms with van der Waals surface area (Å²) in [4.78, 5) is 0. The molecule has 0 aliphatic carbocycles. The van der Waals surface area contributed by atoms with Gasteiger partial charge in [0.1, 0.15) is 23.0 Å². The lowest BCUT2D eigenvalue weighted by molar-refractivity contribution is 0.288. The van der Waals surface area contributed by atoms with Crippen LogP contribution in [0.4, 0.5) is 0 Å². The minimum Gasteiger partial charge on any atom is -0.512 e. The Morgan fingerprint density at radius 1 is 0.722 bits per heavy atom. The van der Waals surface area contributed by atoms with E-state index in [2.05, 4.69) is 4.65 Å². The van der Waals surface area contributed by atoms with Gasteiger partial charge in [-0.2, -0.15) is 0 Å². The average molecular weight is 246 g/mol. The average Bonchev–Trinajstić information content (AvgIpc) is 2.34. The zero-order valence-electron chi connectivity index (χ0n) is 9.35. The third-order valence-corrected chi connectivity index (χ3v) is 2.14. The summed E-state index contributed by atoms with van der Waals surface area (Å²) >= 11 is 0. The Hall–Kier alpha value is -2.18. The molecule has 0 aliphatic rings. The van der Waals surface area contributed by atoms with Gasteiger partial charge in [0.05, 0.1) is 0 Å². The summed E-state index contributed by atoms with van der Waals surface area (Å²) < 4.78 is 10.2. The number of hydrogen-bond acceptors (Lipinski definition) is 5. The van der Waals surface area contributed by atoms with Gasteiger partial charge in [0.2, 0.25) is 0 Å². The summed E-state index contributed by atoms with van der Waals surface area (Å²) in [6, 6.07) is 12.7. The second-order valence-electron chi connectivity index (χ2n) is 3.51. The van der Waals surface area contributed by atoms with E-state index < -0.39 is 7.32 Å². The fourth-order valence-corrected chi connectivity index (χ4v) is 1.36. The molecule has 18 heavy (non-hydrogen) atoms. The maximum atomic E-state index is 9.12. The predicted molar refractivity (Wildman–Crippen MR) is 65.4 cm³/mol. The van der Waals surface area contributed by atoms with E-state index in [-0.39, 0.29) is 5.75 Å². The fraction of sp³-hybridized carbons (Fsp3) is 0. The summed E-state index contributed by atoms with van der Waals surface area (Å²) in [5.74, 6) is 1.65. The molecule has 0 radical (unpaired) electrons. The molecule has 0 amide bonds. The number of hydrogen-bond donors (Lipinski definition) is 3. The molecule has 0 saturated carbocycles. The molecule has 0 atom stereocenters. The normalized spacial score (nSPS) is 9.89. The Labute approximate surface area is 104 Å². The van der Waals surface area contributed by atoms with E-state index in [0.717, 1.165) is 0 Å². The molecule has 6 heteroatoms. The lowest BCUT2D eigenvalue weighted by Crippen LogP contribution is -2.20. The monoisotopic (exact) mass is 246 g/mol. The van der Waals surface area contributed by atoms with Gasteiger partial charge in [-0.05, 0) is 48.5 Å². The Morgan fingerprint density at radius 2 is 1.17 bits per heavy atom. The molecule has 3 N–H and O–H groups in total. The van der Waals surface area contributed by atoms with Crippen molar-refractivity contribution in [3.63, 3.8) is 0 Å². The molecule has 2 aromatic carbocycles. The highest BCUT2D eigenvalue weighted by atomic mass is 16.6. The molecular weight excluding hydrogens is 235 g/mol. The quantitative estimate of drug-likeness (QED) is 0.713. The molecule has 0 saturated heterocycles. The summed E-state index contributed by atoms with van der Waals surface area (Å²) in [5, 5.41) is 26.4. The van der Waals surface area contributed by atoms with Gasteiger partial charge in [-0.15, -0.1) is 0 Å². The van der Waals surface area contributed by atoms with E-state index in [1.165, 1.54) is 12.1 Å². The van der Waals surface area contributed by atoms with Gasteiger partial charge in [-0.3, -0.25) is 0 Å². The van der Waals surface area contributed by atoms with Crippen molar-refractivity contribution in [2.45, 2.75) is 0 Å². The zero-order valence-corrected chi connectivity index (χ0v) is 9.35. The molecule has 0 heterocycles.